The average molecular weight is 289 g/mol. The van der Waals surface area contributed by atoms with E-state index in [0.717, 1.165) is 24.9 Å². The molecule has 0 spiro atoms. The molecule has 4 heteroatoms. The summed E-state index contributed by atoms with van der Waals surface area (Å²) >= 11 is 0. The van der Waals surface area contributed by atoms with Gasteiger partial charge in [-0.2, -0.15) is 0 Å². The van der Waals surface area contributed by atoms with Crippen molar-refractivity contribution in [2.45, 2.75) is 57.0 Å². The third-order valence-electron chi connectivity index (χ3n) is 4.75. The summed E-state index contributed by atoms with van der Waals surface area (Å²) < 4.78 is 13.9. The van der Waals surface area contributed by atoms with Gasteiger partial charge in [0.05, 0.1) is 0 Å². The van der Waals surface area contributed by atoms with Crippen LogP contribution in [0, 0.1) is 0 Å². The van der Waals surface area contributed by atoms with Crippen molar-refractivity contribution in [3.8, 4) is 0 Å². The number of aliphatic imine (C=N–C) groups is 1. The first-order chi connectivity index (χ1) is 10.2. The fourth-order valence-electron chi connectivity index (χ4n) is 3.26. The largest absolute Gasteiger partial charge is 0.370 e. The standard InChI is InChI=1S/C17H24FN3/c18-17(9-4-10-17)11-12-20-16(19)21-15-8-3-6-13-5-1-2-7-14(13)15/h3,6,8H,1-2,4-5,7,9-12H2,(H3,19,20,21). The van der Waals surface area contributed by atoms with Crippen LogP contribution in [0.1, 0.15) is 49.7 Å². The van der Waals surface area contributed by atoms with E-state index in [9.17, 15) is 4.39 Å². The maximum absolute atomic E-state index is 13.9. The number of halogens is 1. The Kier molecular flexibility index (Phi) is 4.13. The van der Waals surface area contributed by atoms with Gasteiger partial charge in [0.25, 0.3) is 0 Å². The van der Waals surface area contributed by atoms with Crippen molar-refractivity contribution >= 4 is 11.6 Å². The molecule has 0 atom stereocenters. The van der Waals surface area contributed by atoms with Gasteiger partial charge in [0.1, 0.15) is 5.67 Å². The van der Waals surface area contributed by atoms with Gasteiger partial charge in [-0.25, -0.2) is 4.39 Å². The lowest BCUT2D eigenvalue weighted by molar-refractivity contribution is 0.0568. The molecule has 0 amide bonds. The molecule has 0 heterocycles. The number of alkyl halides is 1. The summed E-state index contributed by atoms with van der Waals surface area (Å²) in [7, 11) is 0. The lowest BCUT2D eigenvalue weighted by Gasteiger charge is -2.33. The molecule has 3 N–H and O–H groups in total. The minimum atomic E-state index is -0.976. The van der Waals surface area contributed by atoms with Crippen LogP contribution >= 0.6 is 0 Å². The number of hydrogen-bond donors (Lipinski definition) is 2. The van der Waals surface area contributed by atoms with Gasteiger partial charge >= 0.3 is 0 Å². The number of hydrogen-bond acceptors (Lipinski definition) is 1. The van der Waals surface area contributed by atoms with Crippen LogP contribution in [0.2, 0.25) is 0 Å². The number of nitrogens with zero attached hydrogens (tertiary/aromatic N) is 1. The summed E-state index contributed by atoms with van der Waals surface area (Å²) in [6, 6.07) is 6.30. The molecule has 0 bridgehead atoms. The highest BCUT2D eigenvalue weighted by Crippen LogP contribution is 2.38. The Morgan fingerprint density at radius 2 is 2.05 bits per heavy atom. The number of anilines is 1. The zero-order valence-electron chi connectivity index (χ0n) is 12.5. The Bertz CT molecular complexity index is 535. The lowest BCUT2D eigenvalue weighted by atomic mass is 9.80. The number of rotatable bonds is 4. The Labute approximate surface area is 125 Å². The van der Waals surface area contributed by atoms with Gasteiger partial charge in [-0.15, -0.1) is 0 Å². The molecule has 21 heavy (non-hydrogen) atoms. The van der Waals surface area contributed by atoms with Gasteiger partial charge in [0.15, 0.2) is 5.96 Å². The van der Waals surface area contributed by atoms with Crippen LogP contribution in [-0.2, 0) is 12.8 Å². The van der Waals surface area contributed by atoms with Crippen LogP contribution in [-0.4, -0.2) is 18.2 Å². The van der Waals surface area contributed by atoms with Crippen LogP contribution in [0.5, 0.6) is 0 Å². The van der Waals surface area contributed by atoms with Crippen molar-refractivity contribution in [3.63, 3.8) is 0 Å². The fraction of sp³-hybridized carbons (Fsp3) is 0.588. The maximum Gasteiger partial charge on any atom is 0.193 e. The highest BCUT2D eigenvalue weighted by molar-refractivity contribution is 5.93. The molecule has 0 radical (unpaired) electrons. The van der Waals surface area contributed by atoms with E-state index >= 15 is 0 Å². The second kappa shape index (κ2) is 6.04. The Hall–Kier alpha value is -1.58. The van der Waals surface area contributed by atoms with Gasteiger partial charge < -0.3 is 11.1 Å². The average Bonchev–Trinajstić information content (AvgIpc) is 2.46. The SMILES string of the molecule is NC(=NCCC1(F)CCC1)Nc1cccc2c1CCCC2. The smallest absolute Gasteiger partial charge is 0.193 e. The van der Waals surface area contributed by atoms with Gasteiger partial charge in [-0.05, 0) is 62.1 Å². The normalized spacial score (nSPS) is 20.5. The first-order valence-corrected chi connectivity index (χ1v) is 8.03. The molecule has 1 aromatic carbocycles. The van der Waals surface area contributed by atoms with Crippen molar-refractivity contribution in [1.29, 1.82) is 0 Å². The Morgan fingerprint density at radius 3 is 2.81 bits per heavy atom. The molecule has 1 fully saturated rings. The molecule has 0 aliphatic heterocycles. The molecule has 2 aliphatic carbocycles. The van der Waals surface area contributed by atoms with Gasteiger partial charge in [-0.1, -0.05) is 12.1 Å². The molecule has 0 aromatic heterocycles. The van der Waals surface area contributed by atoms with Crippen LogP contribution in [0.4, 0.5) is 10.1 Å². The molecule has 0 saturated heterocycles. The summed E-state index contributed by atoms with van der Waals surface area (Å²) in [6.45, 7) is 0.463. The van der Waals surface area contributed by atoms with Crippen LogP contribution in [0.15, 0.2) is 23.2 Å². The van der Waals surface area contributed by atoms with Crippen molar-refractivity contribution in [2.24, 2.45) is 10.7 Å². The number of aryl methyl sites for hydroxylation is 1. The van der Waals surface area contributed by atoms with Gasteiger partial charge in [-0.3, -0.25) is 4.99 Å². The van der Waals surface area contributed by atoms with Crippen LogP contribution < -0.4 is 11.1 Å². The van der Waals surface area contributed by atoms with E-state index in [1.165, 1.54) is 24.0 Å². The van der Waals surface area contributed by atoms with Gasteiger partial charge in [0, 0.05) is 18.7 Å². The molecule has 2 aliphatic rings. The van der Waals surface area contributed by atoms with E-state index in [2.05, 4.69) is 28.5 Å². The van der Waals surface area contributed by atoms with E-state index in [-0.39, 0.29) is 0 Å². The summed E-state index contributed by atoms with van der Waals surface area (Å²) in [4.78, 5) is 4.28. The number of fused-ring (bicyclic) bond motifs is 1. The number of benzene rings is 1. The zero-order chi connectivity index (χ0) is 14.7. The van der Waals surface area contributed by atoms with Crippen molar-refractivity contribution in [2.75, 3.05) is 11.9 Å². The van der Waals surface area contributed by atoms with E-state index in [4.69, 9.17) is 5.73 Å². The van der Waals surface area contributed by atoms with Crippen LogP contribution in [0.25, 0.3) is 0 Å². The van der Waals surface area contributed by atoms with Crippen molar-refractivity contribution in [1.82, 2.24) is 0 Å². The quantitative estimate of drug-likeness (QED) is 0.657. The first kappa shape index (κ1) is 14.4. The summed E-state index contributed by atoms with van der Waals surface area (Å²) in [5.74, 6) is 0.400. The summed E-state index contributed by atoms with van der Waals surface area (Å²) in [6.07, 6.45) is 7.59. The molecule has 1 saturated carbocycles. The maximum atomic E-state index is 13.9. The van der Waals surface area contributed by atoms with E-state index < -0.39 is 5.67 Å². The van der Waals surface area contributed by atoms with Crippen molar-refractivity contribution in [3.05, 3.63) is 29.3 Å². The zero-order valence-corrected chi connectivity index (χ0v) is 12.5. The topological polar surface area (TPSA) is 50.4 Å². The second-order valence-corrected chi connectivity index (χ2v) is 6.30. The first-order valence-electron chi connectivity index (χ1n) is 8.03. The highest BCUT2D eigenvalue weighted by atomic mass is 19.1. The molecular weight excluding hydrogens is 265 g/mol. The molecule has 0 unspecified atom stereocenters. The third kappa shape index (κ3) is 3.36. The number of nitrogens with one attached hydrogen (secondary N) is 1. The third-order valence-corrected chi connectivity index (χ3v) is 4.75. The molecule has 3 rings (SSSR count). The molecular formula is C17H24FN3. The predicted molar refractivity (Wildman–Crippen MR) is 85.5 cm³/mol. The Balaban J connectivity index is 1.60. The lowest BCUT2D eigenvalue weighted by Crippen LogP contribution is -2.33. The minimum absolute atomic E-state index is 0.400. The monoisotopic (exact) mass is 289 g/mol. The molecule has 3 nitrogen and oxygen atoms in total. The Morgan fingerprint density at radius 1 is 1.24 bits per heavy atom. The molecule has 114 valence electrons. The predicted octanol–water partition coefficient (Wildman–Crippen LogP) is 3.57. The molecule has 1 aromatic rings. The number of nitrogens with two attached hydrogens (primary N) is 1. The number of guanidine groups is 1. The van der Waals surface area contributed by atoms with E-state index in [1.807, 2.05) is 0 Å². The second-order valence-electron chi connectivity index (χ2n) is 6.30. The minimum Gasteiger partial charge on any atom is -0.370 e. The van der Waals surface area contributed by atoms with E-state index in [1.54, 1.807) is 0 Å². The summed E-state index contributed by atoms with van der Waals surface area (Å²) in [5, 5.41) is 3.20. The van der Waals surface area contributed by atoms with Crippen LogP contribution in [0.3, 0.4) is 0 Å². The van der Waals surface area contributed by atoms with Crippen molar-refractivity contribution < 1.29 is 4.39 Å². The summed E-state index contributed by atoms with van der Waals surface area (Å²) in [5.41, 5.74) is 8.81. The van der Waals surface area contributed by atoms with E-state index in [0.29, 0.717) is 31.8 Å². The van der Waals surface area contributed by atoms with Gasteiger partial charge in [0.2, 0.25) is 0 Å². The fourth-order valence-corrected chi connectivity index (χ4v) is 3.26. The highest BCUT2D eigenvalue weighted by Gasteiger charge is 2.36.